The topological polar surface area (TPSA) is 75.6 Å². The number of hydrogen-bond acceptors (Lipinski definition) is 4. The fraction of sp³-hybridized carbons (Fsp3) is 0.667. The number of alkyl carbamates (subject to hydrolysis) is 1. The SMILES string of the molecule is C=CCS[C@@H](C)[C@H](NC(=O)OC(C)(C)C)C(=O)O. The van der Waals surface area contributed by atoms with Crippen LogP contribution in [-0.2, 0) is 9.53 Å². The normalized spacial score (nSPS) is 14.4. The van der Waals surface area contributed by atoms with Gasteiger partial charge in [-0.1, -0.05) is 13.0 Å². The molecule has 2 atom stereocenters. The minimum absolute atomic E-state index is 0.270. The van der Waals surface area contributed by atoms with Gasteiger partial charge in [-0.05, 0) is 20.8 Å². The highest BCUT2D eigenvalue weighted by Gasteiger charge is 2.28. The highest BCUT2D eigenvalue weighted by Crippen LogP contribution is 2.15. The van der Waals surface area contributed by atoms with Crippen LogP contribution in [0.3, 0.4) is 0 Å². The van der Waals surface area contributed by atoms with Crippen LogP contribution in [0.5, 0.6) is 0 Å². The van der Waals surface area contributed by atoms with E-state index in [0.29, 0.717) is 5.75 Å². The molecule has 0 unspecified atom stereocenters. The molecule has 0 aliphatic carbocycles. The summed E-state index contributed by atoms with van der Waals surface area (Å²) in [4.78, 5) is 22.6. The standard InChI is InChI=1S/C12H21NO4S/c1-6-7-18-8(2)9(10(14)15)13-11(16)17-12(3,4)5/h6,8-9H,1,7H2,2-5H3,(H,13,16)(H,14,15)/t8-,9-/m0/s1. The van der Waals surface area contributed by atoms with E-state index in [1.54, 1.807) is 33.8 Å². The molecule has 18 heavy (non-hydrogen) atoms. The first-order valence-electron chi connectivity index (χ1n) is 5.62. The van der Waals surface area contributed by atoms with Gasteiger partial charge in [-0.25, -0.2) is 9.59 Å². The molecule has 6 heteroatoms. The van der Waals surface area contributed by atoms with Crippen molar-refractivity contribution in [3.8, 4) is 0 Å². The second kappa shape index (κ2) is 7.31. The smallest absolute Gasteiger partial charge is 0.408 e. The molecule has 0 aliphatic rings. The van der Waals surface area contributed by atoms with E-state index < -0.39 is 23.7 Å². The number of nitrogens with one attached hydrogen (secondary N) is 1. The van der Waals surface area contributed by atoms with Gasteiger partial charge < -0.3 is 15.2 Å². The Hall–Kier alpha value is -1.17. The van der Waals surface area contributed by atoms with Gasteiger partial charge in [0.05, 0.1) is 0 Å². The summed E-state index contributed by atoms with van der Waals surface area (Å²) < 4.78 is 5.03. The summed E-state index contributed by atoms with van der Waals surface area (Å²) in [6, 6.07) is -0.982. The molecular formula is C12H21NO4S. The molecule has 0 aliphatic heterocycles. The van der Waals surface area contributed by atoms with E-state index in [1.807, 2.05) is 0 Å². The van der Waals surface area contributed by atoms with Crippen LogP contribution >= 0.6 is 11.8 Å². The van der Waals surface area contributed by atoms with Gasteiger partial charge in [-0.2, -0.15) is 11.8 Å². The Kier molecular flexibility index (Phi) is 6.83. The maximum Gasteiger partial charge on any atom is 0.408 e. The summed E-state index contributed by atoms with van der Waals surface area (Å²) in [5.41, 5.74) is -0.648. The zero-order chi connectivity index (χ0) is 14.3. The van der Waals surface area contributed by atoms with Gasteiger partial charge in [0.15, 0.2) is 0 Å². The van der Waals surface area contributed by atoms with Crippen LogP contribution in [0.25, 0.3) is 0 Å². The lowest BCUT2D eigenvalue weighted by Gasteiger charge is -2.24. The van der Waals surface area contributed by atoms with Crippen molar-refractivity contribution < 1.29 is 19.4 Å². The lowest BCUT2D eigenvalue weighted by atomic mass is 10.2. The van der Waals surface area contributed by atoms with Crippen LogP contribution in [-0.4, -0.2) is 39.8 Å². The van der Waals surface area contributed by atoms with Crippen LogP contribution in [0.15, 0.2) is 12.7 Å². The first-order valence-corrected chi connectivity index (χ1v) is 6.67. The Morgan fingerprint density at radius 1 is 1.50 bits per heavy atom. The molecule has 0 aromatic heterocycles. The summed E-state index contributed by atoms with van der Waals surface area (Å²) in [6.45, 7) is 10.5. The molecule has 2 N–H and O–H groups in total. The predicted molar refractivity (Wildman–Crippen MR) is 72.9 cm³/mol. The molecule has 1 amide bonds. The van der Waals surface area contributed by atoms with Gasteiger partial charge in [-0.15, -0.1) is 6.58 Å². The molecule has 0 saturated heterocycles. The number of thioether (sulfide) groups is 1. The summed E-state index contributed by atoms with van der Waals surface area (Å²) >= 11 is 1.40. The molecule has 0 saturated carbocycles. The highest BCUT2D eigenvalue weighted by molar-refractivity contribution is 8.00. The van der Waals surface area contributed by atoms with Crippen LogP contribution in [0.2, 0.25) is 0 Å². The molecule has 0 fully saturated rings. The Morgan fingerprint density at radius 2 is 2.06 bits per heavy atom. The van der Waals surface area contributed by atoms with E-state index in [0.717, 1.165) is 0 Å². The summed E-state index contributed by atoms with van der Waals surface area (Å²) in [7, 11) is 0. The molecular weight excluding hydrogens is 254 g/mol. The molecule has 0 bridgehead atoms. The van der Waals surface area contributed by atoms with E-state index in [4.69, 9.17) is 9.84 Å². The van der Waals surface area contributed by atoms with Crippen molar-refractivity contribution in [1.82, 2.24) is 5.32 Å². The van der Waals surface area contributed by atoms with Crippen molar-refractivity contribution in [3.05, 3.63) is 12.7 Å². The molecule has 0 heterocycles. The summed E-state index contributed by atoms with van der Waals surface area (Å²) in [6.07, 6.45) is 0.967. The largest absolute Gasteiger partial charge is 0.480 e. The fourth-order valence-electron chi connectivity index (χ4n) is 1.13. The number of carboxylic acid groups (broad SMARTS) is 1. The second-order valence-corrected chi connectivity index (χ2v) is 6.20. The average Bonchev–Trinajstić information content (AvgIpc) is 2.19. The highest BCUT2D eigenvalue weighted by atomic mass is 32.2. The van der Waals surface area contributed by atoms with Crippen molar-refractivity contribution in [2.75, 3.05) is 5.75 Å². The molecule has 0 radical (unpaired) electrons. The van der Waals surface area contributed by atoms with Crippen LogP contribution in [0.1, 0.15) is 27.7 Å². The van der Waals surface area contributed by atoms with Gasteiger partial charge in [0.2, 0.25) is 0 Å². The van der Waals surface area contributed by atoms with Crippen LogP contribution < -0.4 is 5.32 Å². The number of carbonyl (C=O) groups excluding carboxylic acids is 1. The first kappa shape index (κ1) is 16.8. The van der Waals surface area contributed by atoms with Gasteiger partial charge >= 0.3 is 12.1 Å². The predicted octanol–water partition coefficient (Wildman–Crippen LogP) is 2.27. The molecule has 5 nitrogen and oxygen atoms in total. The number of ether oxygens (including phenoxy) is 1. The van der Waals surface area contributed by atoms with Crippen molar-refractivity contribution >= 4 is 23.8 Å². The summed E-state index contributed by atoms with van der Waals surface area (Å²) in [5.74, 6) is -0.453. The third kappa shape index (κ3) is 7.21. The molecule has 0 spiro atoms. The Balaban J connectivity index is 4.49. The fourth-order valence-corrected chi connectivity index (χ4v) is 1.95. The van der Waals surface area contributed by atoms with Crippen molar-refractivity contribution in [2.24, 2.45) is 0 Å². The van der Waals surface area contributed by atoms with E-state index >= 15 is 0 Å². The van der Waals surface area contributed by atoms with E-state index in [2.05, 4.69) is 11.9 Å². The lowest BCUT2D eigenvalue weighted by molar-refractivity contribution is -0.139. The Morgan fingerprint density at radius 3 is 2.44 bits per heavy atom. The van der Waals surface area contributed by atoms with Crippen molar-refractivity contribution in [1.29, 1.82) is 0 Å². The molecule has 0 rings (SSSR count). The number of amides is 1. The van der Waals surface area contributed by atoms with E-state index in [-0.39, 0.29) is 5.25 Å². The third-order valence-electron chi connectivity index (χ3n) is 1.88. The zero-order valence-corrected chi connectivity index (χ0v) is 12.0. The van der Waals surface area contributed by atoms with Gasteiger partial charge in [0.25, 0.3) is 0 Å². The minimum atomic E-state index is -1.08. The summed E-state index contributed by atoms with van der Waals surface area (Å²) in [5, 5.41) is 11.2. The quantitative estimate of drug-likeness (QED) is 0.727. The van der Waals surface area contributed by atoms with E-state index in [1.165, 1.54) is 11.8 Å². The van der Waals surface area contributed by atoms with Crippen LogP contribution in [0, 0.1) is 0 Å². The monoisotopic (exact) mass is 275 g/mol. The lowest BCUT2D eigenvalue weighted by Crippen LogP contribution is -2.48. The maximum absolute atomic E-state index is 11.5. The second-order valence-electron chi connectivity index (χ2n) is 4.79. The van der Waals surface area contributed by atoms with Crippen LogP contribution in [0.4, 0.5) is 4.79 Å². The average molecular weight is 275 g/mol. The number of carbonyl (C=O) groups is 2. The first-order chi connectivity index (χ1) is 8.17. The van der Waals surface area contributed by atoms with Gasteiger partial charge in [-0.3, -0.25) is 0 Å². The zero-order valence-electron chi connectivity index (χ0n) is 11.2. The Bertz CT molecular complexity index is 312. The number of carboxylic acids is 1. The van der Waals surface area contributed by atoms with Gasteiger partial charge in [0.1, 0.15) is 11.6 Å². The number of hydrogen-bond donors (Lipinski definition) is 2. The van der Waals surface area contributed by atoms with Crippen molar-refractivity contribution in [3.63, 3.8) is 0 Å². The minimum Gasteiger partial charge on any atom is -0.480 e. The maximum atomic E-state index is 11.5. The van der Waals surface area contributed by atoms with Gasteiger partial charge in [0, 0.05) is 11.0 Å². The molecule has 104 valence electrons. The Labute approximate surface area is 112 Å². The molecule has 0 aromatic carbocycles. The molecule has 0 aromatic rings. The number of rotatable bonds is 6. The van der Waals surface area contributed by atoms with Crippen molar-refractivity contribution in [2.45, 2.75) is 44.6 Å². The van der Waals surface area contributed by atoms with E-state index in [9.17, 15) is 9.59 Å². The third-order valence-corrected chi connectivity index (χ3v) is 3.11. The number of aliphatic carboxylic acids is 1.